The third-order valence-electron chi connectivity index (χ3n) is 2.08. The first-order chi connectivity index (χ1) is 6.70. The second kappa shape index (κ2) is 5.75. The maximum absolute atomic E-state index is 9.72. The van der Waals surface area contributed by atoms with Gasteiger partial charge in [-0.1, -0.05) is 30.3 Å². The van der Waals surface area contributed by atoms with E-state index in [-0.39, 0.29) is 6.10 Å². The monoisotopic (exact) mass is 196 g/mol. The summed E-state index contributed by atoms with van der Waals surface area (Å²) in [6.07, 6.45) is -0.770. The fourth-order valence-corrected chi connectivity index (χ4v) is 1.31. The topological polar surface area (TPSA) is 57.1 Å². The van der Waals surface area contributed by atoms with E-state index >= 15 is 0 Å². The molecule has 0 fully saturated rings. The summed E-state index contributed by atoms with van der Waals surface area (Å²) >= 11 is 0. The SMILES string of the molecule is C[C@H](O)C[NH2+]C[C@@H](O)c1ccccc1. The molecule has 0 amide bonds. The molecule has 1 aromatic rings. The number of quaternary nitrogens is 1. The zero-order chi connectivity index (χ0) is 10.4. The molecule has 2 atom stereocenters. The standard InChI is InChI=1S/C11H17NO2/c1-9(13)7-12-8-11(14)10-5-3-2-4-6-10/h2-6,9,11-14H,7-8H2,1H3/p+1/t9-,11+/m0/s1. The summed E-state index contributed by atoms with van der Waals surface area (Å²) in [5, 5.41) is 20.7. The van der Waals surface area contributed by atoms with Crippen LogP contribution in [0.5, 0.6) is 0 Å². The molecule has 0 radical (unpaired) electrons. The molecule has 3 heteroatoms. The normalized spacial score (nSPS) is 15.1. The Morgan fingerprint density at radius 1 is 1.14 bits per heavy atom. The van der Waals surface area contributed by atoms with Gasteiger partial charge >= 0.3 is 0 Å². The zero-order valence-corrected chi connectivity index (χ0v) is 8.43. The molecule has 78 valence electrons. The lowest BCUT2D eigenvalue weighted by atomic mass is 10.1. The molecule has 0 heterocycles. The van der Waals surface area contributed by atoms with Crippen LogP contribution < -0.4 is 5.32 Å². The van der Waals surface area contributed by atoms with Crippen LogP contribution in [-0.2, 0) is 0 Å². The van der Waals surface area contributed by atoms with Crippen LogP contribution in [-0.4, -0.2) is 29.4 Å². The van der Waals surface area contributed by atoms with Gasteiger partial charge in [0.1, 0.15) is 19.2 Å². The second-order valence-electron chi connectivity index (χ2n) is 3.54. The van der Waals surface area contributed by atoms with Crippen molar-refractivity contribution in [3.8, 4) is 0 Å². The van der Waals surface area contributed by atoms with Crippen LogP contribution in [0, 0.1) is 0 Å². The summed E-state index contributed by atoms with van der Waals surface area (Å²) in [6, 6.07) is 9.55. The van der Waals surface area contributed by atoms with Crippen LogP contribution in [0.15, 0.2) is 30.3 Å². The molecular weight excluding hydrogens is 178 g/mol. The van der Waals surface area contributed by atoms with Crippen molar-refractivity contribution < 1.29 is 15.5 Å². The molecule has 0 bridgehead atoms. The van der Waals surface area contributed by atoms with Crippen molar-refractivity contribution in [3.63, 3.8) is 0 Å². The van der Waals surface area contributed by atoms with E-state index in [9.17, 15) is 5.11 Å². The van der Waals surface area contributed by atoms with Crippen LogP contribution >= 0.6 is 0 Å². The van der Waals surface area contributed by atoms with Crippen molar-refractivity contribution in [1.82, 2.24) is 0 Å². The Morgan fingerprint density at radius 2 is 1.79 bits per heavy atom. The minimum atomic E-state index is -0.449. The molecule has 0 saturated carbocycles. The van der Waals surface area contributed by atoms with Gasteiger partial charge in [-0.05, 0) is 12.5 Å². The summed E-state index contributed by atoms with van der Waals surface area (Å²) in [4.78, 5) is 0. The van der Waals surface area contributed by atoms with Crippen molar-refractivity contribution >= 4 is 0 Å². The highest BCUT2D eigenvalue weighted by molar-refractivity contribution is 5.16. The average Bonchev–Trinajstić information content (AvgIpc) is 2.18. The van der Waals surface area contributed by atoms with Gasteiger partial charge in [0.2, 0.25) is 0 Å². The van der Waals surface area contributed by atoms with Gasteiger partial charge < -0.3 is 15.5 Å². The number of aliphatic hydroxyl groups is 2. The maximum Gasteiger partial charge on any atom is 0.128 e. The number of hydrogen-bond donors (Lipinski definition) is 3. The quantitative estimate of drug-likeness (QED) is 0.603. The Hall–Kier alpha value is -0.900. The Bertz CT molecular complexity index is 249. The van der Waals surface area contributed by atoms with Gasteiger partial charge in [-0.2, -0.15) is 0 Å². The Labute approximate surface area is 84.4 Å². The van der Waals surface area contributed by atoms with Crippen molar-refractivity contribution in [2.45, 2.75) is 19.1 Å². The molecule has 0 aliphatic heterocycles. The van der Waals surface area contributed by atoms with Gasteiger partial charge in [0.15, 0.2) is 0 Å². The molecule has 0 saturated heterocycles. The van der Waals surface area contributed by atoms with Crippen molar-refractivity contribution in [3.05, 3.63) is 35.9 Å². The molecule has 0 unspecified atom stereocenters. The van der Waals surface area contributed by atoms with Crippen LogP contribution in [0.2, 0.25) is 0 Å². The summed E-state index contributed by atoms with van der Waals surface area (Å²) < 4.78 is 0. The lowest BCUT2D eigenvalue weighted by Gasteiger charge is -2.10. The summed E-state index contributed by atoms with van der Waals surface area (Å²) in [7, 11) is 0. The van der Waals surface area contributed by atoms with Crippen LogP contribution in [0.25, 0.3) is 0 Å². The highest BCUT2D eigenvalue weighted by Gasteiger charge is 2.08. The molecule has 0 spiro atoms. The second-order valence-corrected chi connectivity index (χ2v) is 3.54. The smallest absolute Gasteiger partial charge is 0.128 e. The molecular formula is C11H18NO2+. The van der Waals surface area contributed by atoms with Gasteiger partial charge in [0.25, 0.3) is 0 Å². The lowest BCUT2D eigenvalue weighted by molar-refractivity contribution is -0.667. The molecule has 14 heavy (non-hydrogen) atoms. The first-order valence-corrected chi connectivity index (χ1v) is 4.93. The van der Waals surface area contributed by atoms with Crippen molar-refractivity contribution in [1.29, 1.82) is 0 Å². The molecule has 0 aliphatic carbocycles. The fraction of sp³-hybridized carbons (Fsp3) is 0.455. The van der Waals surface area contributed by atoms with E-state index in [1.54, 1.807) is 6.92 Å². The predicted molar refractivity (Wildman–Crippen MR) is 54.7 cm³/mol. The molecule has 1 aromatic carbocycles. The van der Waals surface area contributed by atoms with Gasteiger partial charge in [-0.3, -0.25) is 0 Å². The van der Waals surface area contributed by atoms with E-state index < -0.39 is 6.10 Å². The minimum absolute atomic E-state index is 0.321. The van der Waals surface area contributed by atoms with Crippen molar-refractivity contribution in [2.75, 3.05) is 13.1 Å². The zero-order valence-electron chi connectivity index (χ0n) is 8.43. The van der Waals surface area contributed by atoms with E-state index in [1.807, 2.05) is 35.6 Å². The predicted octanol–water partition coefficient (Wildman–Crippen LogP) is -0.336. The molecule has 0 aromatic heterocycles. The molecule has 4 N–H and O–H groups in total. The molecule has 0 aliphatic rings. The van der Waals surface area contributed by atoms with E-state index in [0.717, 1.165) is 5.56 Å². The third kappa shape index (κ3) is 3.87. The van der Waals surface area contributed by atoms with E-state index in [2.05, 4.69) is 0 Å². The lowest BCUT2D eigenvalue weighted by Crippen LogP contribution is -2.87. The van der Waals surface area contributed by atoms with Crippen LogP contribution in [0.4, 0.5) is 0 Å². The largest absolute Gasteiger partial charge is 0.388 e. The number of benzene rings is 1. The highest BCUT2D eigenvalue weighted by atomic mass is 16.3. The third-order valence-corrected chi connectivity index (χ3v) is 2.08. The highest BCUT2D eigenvalue weighted by Crippen LogP contribution is 2.08. The van der Waals surface area contributed by atoms with Crippen LogP contribution in [0.3, 0.4) is 0 Å². The fourth-order valence-electron chi connectivity index (χ4n) is 1.31. The summed E-state index contributed by atoms with van der Waals surface area (Å²) in [5.74, 6) is 0. The Morgan fingerprint density at radius 3 is 2.36 bits per heavy atom. The Kier molecular flexibility index (Phi) is 4.59. The van der Waals surface area contributed by atoms with Crippen molar-refractivity contribution in [2.24, 2.45) is 0 Å². The van der Waals surface area contributed by atoms with Crippen LogP contribution in [0.1, 0.15) is 18.6 Å². The van der Waals surface area contributed by atoms with Gasteiger partial charge in [0, 0.05) is 0 Å². The Balaban J connectivity index is 2.32. The number of hydrogen-bond acceptors (Lipinski definition) is 2. The molecule has 1 rings (SSSR count). The van der Waals surface area contributed by atoms with E-state index in [0.29, 0.717) is 13.1 Å². The number of rotatable bonds is 5. The summed E-state index contributed by atoms with van der Waals surface area (Å²) in [5.41, 5.74) is 0.925. The molecule has 3 nitrogen and oxygen atoms in total. The summed E-state index contributed by atoms with van der Waals surface area (Å²) in [6.45, 7) is 2.96. The average molecular weight is 196 g/mol. The number of aliphatic hydroxyl groups excluding tert-OH is 2. The van der Waals surface area contributed by atoms with E-state index in [4.69, 9.17) is 5.11 Å². The van der Waals surface area contributed by atoms with Gasteiger partial charge in [-0.15, -0.1) is 0 Å². The maximum atomic E-state index is 9.72. The van der Waals surface area contributed by atoms with Gasteiger partial charge in [-0.25, -0.2) is 0 Å². The first-order valence-electron chi connectivity index (χ1n) is 4.93. The van der Waals surface area contributed by atoms with E-state index in [1.165, 1.54) is 0 Å². The minimum Gasteiger partial charge on any atom is -0.388 e. The van der Waals surface area contributed by atoms with Gasteiger partial charge in [0.05, 0.1) is 6.10 Å². The first kappa shape index (κ1) is 11.2. The number of nitrogens with two attached hydrogens (primary N) is 1.